The number of hydrogen-bond acceptors (Lipinski definition) is 5. The third-order valence-corrected chi connectivity index (χ3v) is 3.68. The summed E-state index contributed by atoms with van der Waals surface area (Å²) in [7, 11) is 1.50. The highest BCUT2D eigenvalue weighted by Crippen LogP contribution is 2.29. The number of hydrogen-bond donors (Lipinski definition) is 2. The minimum atomic E-state index is -0.423. The van der Waals surface area contributed by atoms with E-state index in [1.54, 1.807) is 30.3 Å². The molecule has 126 valence electrons. The molecule has 0 aliphatic carbocycles. The molecule has 1 aromatic heterocycles. The van der Waals surface area contributed by atoms with Gasteiger partial charge in [-0.2, -0.15) is 0 Å². The first-order valence-corrected chi connectivity index (χ1v) is 7.63. The topological polar surface area (TPSA) is 89.8 Å². The van der Waals surface area contributed by atoms with Crippen molar-refractivity contribution < 1.29 is 23.5 Å². The zero-order valence-corrected chi connectivity index (χ0v) is 13.2. The number of anilines is 2. The van der Waals surface area contributed by atoms with E-state index >= 15 is 0 Å². The van der Waals surface area contributed by atoms with Crippen molar-refractivity contribution in [1.29, 1.82) is 0 Å². The van der Waals surface area contributed by atoms with Crippen LogP contribution in [0.15, 0.2) is 41.0 Å². The predicted octanol–water partition coefficient (Wildman–Crippen LogP) is 2.66. The molecule has 1 aromatic carbocycles. The number of amides is 2. The SMILES string of the molecule is COc1ccc(NC(=O)[C@H]2CCCO2)cc1NC(=O)c1ccco1. The van der Waals surface area contributed by atoms with Crippen LogP contribution in [0, 0.1) is 0 Å². The quantitative estimate of drug-likeness (QED) is 0.879. The third kappa shape index (κ3) is 3.57. The summed E-state index contributed by atoms with van der Waals surface area (Å²) >= 11 is 0. The number of rotatable bonds is 5. The van der Waals surface area contributed by atoms with Gasteiger partial charge >= 0.3 is 0 Å². The van der Waals surface area contributed by atoms with E-state index in [1.165, 1.54) is 13.4 Å². The molecule has 2 aromatic rings. The second-order valence-electron chi connectivity index (χ2n) is 5.34. The van der Waals surface area contributed by atoms with E-state index in [0.717, 1.165) is 6.42 Å². The summed E-state index contributed by atoms with van der Waals surface area (Å²) in [6, 6.07) is 8.19. The molecule has 0 saturated carbocycles. The molecule has 1 atom stereocenters. The molecular weight excluding hydrogens is 312 g/mol. The van der Waals surface area contributed by atoms with Gasteiger partial charge in [0.05, 0.1) is 19.1 Å². The minimum Gasteiger partial charge on any atom is -0.495 e. The third-order valence-electron chi connectivity index (χ3n) is 3.68. The molecule has 7 nitrogen and oxygen atoms in total. The van der Waals surface area contributed by atoms with Crippen LogP contribution in [-0.4, -0.2) is 31.6 Å². The molecule has 2 heterocycles. The lowest BCUT2D eigenvalue weighted by Gasteiger charge is -2.14. The summed E-state index contributed by atoms with van der Waals surface area (Å²) in [6.45, 7) is 0.602. The average molecular weight is 330 g/mol. The fraction of sp³-hybridized carbons (Fsp3) is 0.294. The van der Waals surface area contributed by atoms with E-state index in [2.05, 4.69) is 10.6 Å². The van der Waals surface area contributed by atoms with Crippen LogP contribution in [0.5, 0.6) is 5.75 Å². The summed E-state index contributed by atoms with van der Waals surface area (Å²) in [4.78, 5) is 24.2. The van der Waals surface area contributed by atoms with Crippen molar-refractivity contribution in [2.24, 2.45) is 0 Å². The molecule has 0 unspecified atom stereocenters. The van der Waals surface area contributed by atoms with E-state index in [-0.39, 0.29) is 11.7 Å². The van der Waals surface area contributed by atoms with Crippen LogP contribution in [0.1, 0.15) is 23.4 Å². The number of ether oxygens (including phenoxy) is 2. The monoisotopic (exact) mass is 330 g/mol. The first-order chi connectivity index (χ1) is 11.7. The molecule has 24 heavy (non-hydrogen) atoms. The van der Waals surface area contributed by atoms with Gasteiger partial charge < -0.3 is 24.5 Å². The maximum atomic E-state index is 12.1. The van der Waals surface area contributed by atoms with Gasteiger partial charge in [0.1, 0.15) is 11.9 Å². The van der Waals surface area contributed by atoms with Gasteiger partial charge in [-0.1, -0.05) is 0 Å². The van der Waals surface area contributed by atoms with Crippen LogP contribution >= 0.6 is 0 Å². The van der Waals surface area contributed by atoms with Crippen LogP contribution in [0.25, 0.3) is 0 Å². The Kier molecular flexibility index (Phi) is 4.81. The Morgan fingerprint density at radius 3 is 2.79 bits per heavy atom. The van der Waals surface area contributed by atoms with Gasteiger partial charge in [-0.25, -0.2) is 0 Å². The standard InChI is InChI=1S/C17H18N2O5/c1-22-13-7-6-11(18-16(20)14-4-2-8-23-14)10-12(13)19-17(21)15-5-3-9-24-15/h3,5-7,9-10,14H,2,4,8H2,1H3,(H,18,20)(H,19,21)/t14-/m1/s1. The fourth-order valence-electron chi connectivity index (χ4n) is 2.48. The molecular formula is C17H18N2O5. The highest BCUT2D eigenvalue weighted by Gasteiger charge is 2.23. The smallest absolute Gasteiger partial charge is 0.291 e. The highest BCUT2D eigenvalue weighted by molar-refractivity contribution is 6.04. The largest absolute Gasteiger partial charge is 0.495 e. The first-order valence-electron chi connectivity index (χ1n) is 7.63. The first kappa shape index (κ1) is 16.1. The summed E-state index contributed by atoms with van der Waals surface area (Å²) in [5.74, 6) is 0.0674. The van der Waals surface area contributed by atoms with Crippen LogP contribution in [0.3, 0.4) is 0 Å². The highest BCUT2D eigenvalue weighted by atomic mass is 16.5. The Morgan fingerprint density at radius 1 is 1.25 bits per heavy atom. The van der Waals surface area contributed by atoms with Gasteiger partial charge in [-0.05, 0) is 43.2 Å². The van der Waals surface area contributed by atoms with E-state index < -0.39 is 12.0 Å². The maximum Gasteiger partial charge on any atom is 0.291 e. The van der Waals surface area contributed by atoms with Crippen molar-refractivity contribution in [1.82, 2.24) is 0 Å². The van der Waals surface area contributed by atoms with Crippen molar-refractivity contribution in [2.75, 3.05) is 24.4 Å². The van der Waals surface area contributed by atoms with Crippen LogP contribution in [0.4, 0.5) is 11.4 Å². The zero-order chi connectivity index (χ0) is 16.9. The number of furan rings is 1. The van der Waals surface area contributed by atoms with E-state index in [1.807, 2.05) is 0 Å². The Labute approximate surface area is 138 Å². The molecule has 1 fully saturated rings. The van der Waals surface area contributed by atoms with Crippen LogP contribution < -0.4 is 15.4 Å². The lowest BCUT2D eigenvalue weighted by Crippen LogP contribution is -2.26. The molecule has 2 N–H and O–H groups in total. The Morgan fingerprint density at radius 2 is 2.12 bits per heavy atom. The second kappa shape index (κ2) is 7.18. The van der Waals surface area contributed by atoms with Crippen molar-refractivity contribution in [2.45, 2.75) is 18.9 Å². The second-order valence-corrected chi connectivity index (χ2v) is 5.34. The molecule has 3 rings (SSSR count). The fourth-order valence-corrected chi connectivity index (χ4v) is 2.48. The van der Waals surface area contributed by atoms with Crippen molar-refractivity contribution in [3.05, 3.63) is 42.4 Å². The van der Waals surface area contributed by atoms with Gasteiger partial charge in [0.25, 0.3) is 11.8 Å². The maximum absolute atomic E-state index is 12.1. The van der Waals surface area contributed by atoms with E-state index in [0.29, 0.717) is 30.2 Å². The van der Waals surface area contributed by atoms with Gasteiger partial charge in [0.2, 0.25) is 0 Å². The van der Waals surface area contributed by atoms with Gasteiger partial charge in [0.15, 0.2) is 5.76 Å². The normalized spacial score (nSPS) is 16.6. The Bertz CT molecular complexity index is 721. The summed E-state index contributed by atoms with van der Waals surface area (Å²) in [6.07, 6.45) is 2.59. The molecule has 7 heteroatoms. The van der Waals surface area contributed by atoms with Crippen molar-refractivity contribution in [3.8, 4) is 5.75 Å². The van der Waals surface area contributed by atoms with Crippen LogP contribution in [0.2, 0.25) is 0 Å². The molecule has 1 aliphatic rings. The summed E-state index contributed by atoms with van der Waals surface area (Å²) < 4.78 is 15.7. The van der Waals surface area contributed by atoms with Gasteiger partial charge in [-0.3, -0.25) is 9.59 Å². The number of carbonyl (C=O) groups is 2. The van der Waals surface area contributed by atoms with Crippen molar-refractivity contribution >= 4 is 23.2 Å². The molecule has 1 saturated heterocycles. The molecule has 0 bridgehead atoms. The number of nitrogens with one attached hydrogen (secondary N) is 2. The molecule has 0 radical (unpaired) electrons. The van der Waals surface area contributed by atoms with Crippen LogP contribution in [-0.2, 0) is 9.53 Å². The summed E-state index contributed by atoms with van der Waals surface area (Å²) in [5.41, 5.74) is 0.982. The zero-order valence-electron chi connectivity index (χ0n) is 13.2. The van der Waals surface area contributed by atoms with Gasteiger partial charge in [0, 0.05) is 12.3 Å². The summed E-state index contributed by atoms with van der Waals surface area (Å²) in [5, 5.41) is 5.50. The lowest BCUT2D eigenvalue weighted by molar-refractivity contribution is -0.124. The minimum absolute atomic E-state index is 0.186. The molecule has 2 amide bonds. The van der Waals surface area contributed by atoms with E-state index in [9.17, 15) is 9.59 Å². The predicted molar refractivity (Wildman–Crippen MR) is 87.3 cm³/mol. The lowest BCUT2D eigenvalue weighted by atomic mass is 10.2. The number of methoxy groups -OCH3 is 1. The Balaban J connectivity index is 1.75. The van der Waals surface area contributed by atoms with E-state index in [4.69, 9.17) is 13.9 Å². The van der Waals surface area contributed by atoms with Gasteiger partial charge in [-0.15, -0.1) is 0 Å². The Hall–Kier alpha value is -2.80. The van der Waals surface area contributed by atoms with Crippen molar-refractivity contribution in [3.63, 3.8) is 0 Å². The number of carbonyl (C=O) groups excluding carboxylic acids is 2. The average Bonchev–Trinajstić information content (AvgIpc) is 3.28. The number of benzene rings is 1. The molecule has 1 aliphatic heterocycles. The molecule has 0 spiro atoms.